The highest BCUT2D eigenvalue weighted by atomic mass is 32.1. The lowest BCUT2D eigenvalue weighted by Crippen LogP contribution is -2.17. The van der Waals surface area contributed by atoms with E-state index in [1.807, 2.05) is 5.38 Å². The minimum absolute atomic E-state index is 0.240. The Morgan fingerprint density at radius 3 is 3.00 bits per heavy atom. The van der Waals surface area contributed by atoms with Crippen LogP contribution in [-0.4, -0.2) is 27.7 Å². The Labute approximate surface area is 111 Å². The Balaban J connectivity index is 2.22. The fourth-order valence-electron chi connectivity index (χ4n) is 1.87. The topological polar surface area (TPSA) is 58.0 Å². The van der Waals surface area contributed by atoms with Gasteiger partial charge in [-0.2, -0.15) is 0 Å². The van der Waals surface area contributed by atoms with E-state index in [-0.39, 0.29) is 6.61 Å². The number of nitrogens with zero attached hydrogens (tertiary/aromatic N) is 2. The van der Waals surface area contributed by atoms with Crippen LogP contribution in [0.15, 0.2) is 11.4 Å². The molecule has 0 aliphatic carbocycles. The maximum Gasteiger partial charge on any atom is 0.138 e. The third-order valence-corrected chi connectivity index (χ3v) is 3.67. The van der Waals surface area contributed by atoms with E-state index in [9.17, 15) is 0 Å². The zero-order chi connectivity index (χ0) is 13.0. The molecule has 0 spiro atoms. The molecule has 0 fully saturated rings. The lowest BCUT2D eigenvalue weighted by atomic mass is 10.2. The van der Waals surface area contributed by atoms with Gasteiger partial charge in [0, 0.05) is 19.1 Å². The van der Waals surface area contributed by atoms with Crippen molar-refractivity contribution in [1.82, 2.24) is 9.97 Å². The Morgan fingerprint density at radius 1 is 1.44 bits per heavy atom. The SMILES string of the molecule is CCc1nc(NC(C)CCCO)c2ccsc2n1. The zero-order valence-electron chi connectivity index (χ0n) is 10.8. The van der Waals surface area contributed by atoms with Crippen molar-refractivity contribution in [1.29, 1.82) is 0 Å². The van der Waals surface area contributed by atoms with Gasteiger partial charge in [0.15, 0.2) is 0 Å². The number of nitrogens with one attached hydrogen (secondary N) is 1. The summed E-state index contributed by atoms with van der Waals surface area (Å²) in [5.74, 6) is 1.80. The highest BCUT2D eigenvalue weighted by Crippen LogP contribution is 2.26. The first-order valence-electron chi connectivity index (χ1n) is 6.36. The molecule has 98 valence electrons. The molecule has 0 saturated heterocycles. The molecule has 4 nitrogen and oxygen atoms in total. The molecule has 0 amide bonds. The van der Waals surface area contributed by atoms with E-state index in [0.29, 0.717) is 6.04 Å². The van der Waals surface area contributed by atoms with Gasteiger partial charge in [-0.1, -0.05) is 6.92 Å². The number of aliphatic hydroxyl groups excluding tert-OH is 1. The number of hydrogen-bond donors (Lipinski definition) is 2. The Bertz CT molecular complexity index is 512. The van der Waals surface area contributed by atoms with Gasteiger partial charge in [-0.25, -0.2) is 9.97 Å². The summed E-state index contributed by atoms with van der Waals surface area (Å²) in [6, 6.07) is 2.36. The van der Waals surface area contributed by atoms with Gasteiger partial charge in [-0.3, -0.25) is 0 Å². The molecule has 2 N–H and O–H groups in total. The van der Waals surface area contributed by atoms with Crippen LogP contribution in [0.5, 0.6) is 0 Å². The molecule has 18 heavy (non-hydrogen) atoms. The minimum Gasteiger partial charge on any atom is -0.396 e. The van der Waals surface area contributed by atoms with Crippen molar-refractivity contribution >= 4 is 27.4 Å². The van der Waals surface area contributed by atoms with Crippen LogP contribution < -0.4 is 5.32 Å². The molecule has 2 rings (SSSR count). The van der Waals surface area contributed by atoms with E-state index in [2.05, 4.69) is 35.2 Å². The average Bonchev–Trinajstić information content (AvgIpc) is 2.84. The maximum absolute atomic E-state index is 8.85. The predicted octanol–water partition coefficient (Wildman–Crippen LogP) is 2.83. The fourth-order valence-corrected chi connectivity index (χ4v) is 2.65. The summed E-state index contributed by atoms with van der Waals surface area (Å²) in [6.07, 6.45) is 2.59. The zero-order valence-corrected chi connectivity index (χ0v) is 11.6. The number of rotatable bonds is 6. The fraction of sp³-hybridized carbons (Fsp3) is 0.538. The molecule has 2 aromatic heterocycles. The van der Waals surface area contributed by atoms with Crippen molar-refractivity contribution in [3.63, 3.8) is 0 Å². The lowest BCUT2D eigenvalue weighted by molar-refractivity contribution is 0.282. The van der Waals surface area contributed by atoms with Gasteiger partial charge in [0.1, 0.15) is 16.5 Å². The van der Waals surface area contributed by atoms with E-state index in [0.717, 1.165) is 41.1 Å². The van der Waals surface area contributed by atoms with Crippen LogP contribution in [0.4, 0.5) is 5.82 Å². The molecule has 1 atom stereocenters. The van der Waals surface area contributed by atoms with Crippen molar-refractivity contribution in [3.05, 3.63) is 17.3 Å². The molecule has 2 heterocycles. The van der Waals surface area contributed by atoms with Crippen molar-refractivity contribution in [3.8, 4) is 0 Å². The monoisotopic (exact) mass is 265 g/mol. The van der Waals surface area contributed by atoms with Crippen LogP contribution in [0, 0.1) is 0 Å². The summed E-state index contributed by atoms with van der Waals surface area (Å²) >= 11 is 1.64. The predicted molar refractivity (Wildman–Crippen MR) is 76.2 cm³/mol. The number of hydrogen-bond acceptors (Lipinski definition) is 5. The lowest BCUT2D eigenvalue weighted by Gasteiger charge is -2.15. The molecule has 0 aliphatic rings. The van der Waals surface area contributed by atoms with Crippen molar-refractivity contribution < 1.29 is 5.11 Å². The number of aliphatic hydroxyl groups is 1. The van der Waals surface area contributed by atoms with Gasteiger partial charge in [0.2, 0.25) is 0 Å². The van der Waals surface area contributed by atoms with Gasteiger partial charge >= 0.3 is 0 Å². The van der Waals surface area contributed by atoms with E-state index in [1.54, 1.807) is 11.3 Å². The Hall–Kier alpha value is -1.20. The maximum atomic E-state index is 8.85. The summed E-state index contributed by atoms with van der Waals surface area (Å²) < 4.78 is 0. The highest BCUT2D eigenvalue weighted by molar-refractivity contribution is 7.16. The second kappa shape index (κ2) is 6.11. The van der Waals surface area contributed by atoms with E-state index in [1.165, 1.54) is 0 Å². The largest absolute Gasteiger partial charge is 0.396 e. The van der Waals surface area contributed by atoms with Gasteiger partial charge < -0.3 is 10.4 Å². The number of aryl methyl sites for hydroxylation is 1. The Morgan fingerprint density at radius 2 is 2.28 bits per heavy atom. The first-order chi connectivity index (χ1) is 8.74. The molecule has 2 aromatic rings. The Kier molecular flexibility index (Phi) is 4.49. The van der Waals surface area contributed by atoms with Gasteiger partial charge in [0.05, 0.1) is 5.39 Å². The first kappa shape index (κ1) is 13.2. The number of anilines is 1. The summed E-state index contributed by atoms with van der Waals surface area (Å²) in [6.45, 7) is 4.42. The van der Waals surface area contributed by atoms with Gasteiger partial charge in [0.25, 0.3) is 0 Å². The molecular weight excluding hydrogens is 246 g/mol. The smallest absolute Gasteiger partial charge is 0.138 e. The van der Waals surface area contributed by atoms with Gasteiger partial charge in [-0.05, 0) is 31.2 Å². The van der Waals surface area contributed by atoms with Crippen LogP contribution >= 0.6 is 11.3 Å². The summed E-state index contributed by atoms with van der Waals surface area (Å²) in [4.78, 5) is 10.1. The third kappa shape index (κ3) is 2.97. The number of thiophene rings is 1. The standard InChI is InChI=1S/C13H19N3OS/c1-3-11-15-12(14-9(2)5-4-7-17)10-6-8-18-13(10)16-11/h6,8-9,17H,3-5,7H2,1-2H3,(H,14,15,16). The van der Waals surface area contributed by atoms with Gasteiger partial charge in [-0.15, -0.1) is 11.3 Å². The highest BCUT2D eigenvalue weighted by Gasteiger charge is 2.10. The van der Waals surface area contributed by atoms with Crippen LogP contribution in [0.2, 0.25) is 0 Å². The van der Waals surface area contributed by atoms with Crippen LogP contribution in [-0.2, 0) is 6.42 Å². The molecule has 0 radical (unpaired) electrons. The molecular formula is C13H19N3OS. The summed E-state index contributed by atoms with van der Waals surface area (Å²) in [7, 11) is 0. The molecule has 1 unspecified atom stereocenters. The average molecular weight is 265 g/mol. The second-order valence-corrected chi connectivity index (χ2v) is 5.29. The van der Waals surface area contributed by atoms with Crippen LogP contribution in [0.1, 0.15) is 32.5 Å². The molecule has 0 bridgehead atoms. The summed E-state index contributed by atoms with van der Waals surface area (Å²) in [5.41, 5.74) is 0. The molecule has 0 aliphatic heterocycles. The van der Waals surface area contributed by atoms with Crippen molar-refractivity contribution in [2.24, 2.45) is 0 Å². The van der Waals surface area contributed by atoms with E-state index >= 15 is 0 Å². The van der Waals surface area contributed by atoms with Crippen molar-refractivity contribution in [2.75, 3.05) is 11.9 Å². The summed E-state index contributed by atoms with van der Waals surface area (Å²) in [5, 5.41) is 15.4. The third-order valence-electron chi connectivity index (χ3n) is 2.87. The normalized spacial score (nSPS) is 12.8. The molecule has 0 saturated carbocycles. The van der Waals surface area contributed by atoms with Crippen molar-refractivity contribution in [2.45, 2.75) is 39.2 Å². The number of aromatic nitrogens is 2. The second-order valence-electron chi connectivity index (χ2n) is 4.39. The first-order valence-corrected chi connectivity index (χ1v) is 7.24. The molecule has 0 aromatic carbocycles. The van der Waals surface area contributed by atoms with Crippen LogP contribution in [0.25, 0.3) is 10.2 Å². The van der Waals surface area contributed by atoms with E-state index < -0.39 is 0 Å². The van der Waals surface area contributed by atoms with E-state index in [4.69, 9.17) is 5.11 Å². The quantitative estimate of drug-likeness (QED) is 0.843. The van der Waals surface area contributed by atoms with Crippen LogP contribution in [0.3, 0.4) is 0 Å². The molecule has 5 heteroatoms. The number of fused-ring (bicyclic) bond motifs is 1. The minimum atomic E-state index is 0.240.